The minimum absolute atomic E-state index is 0.112. The van der Waals surface area contributed by atoms with Gasteiger partial charge in [-0.05, 0) is 65.4 Å². The standard InChI is InChI=1S/C22H20FNO3S/c1-26-18-12-15-9-10-24(22(25)14-5-7-16(23)8-6-14)21(20-4-3-11-28-20)17(15)13-19(18)27-2/h3-8,11-13,21H,9-10H2,1-2H3. The lowest BCUT2D eigenvalue weighted by atomic mass is 9.90. The molecule has 3 aromatic rings. The van der Waals surface area contributed by atoms with E-state index in [1.807, 2.05) is 34.5 Å². The van der Waals surface area contributed by atoms with Crippen LogP contribution in [0.1, 0.15) is 32.4 Å². The van der Waals surface area contributed by atoms with E-state index in [0.717, 1.165) is 16.0 Å². The van der Waals surface area contributed by atoms with Crippen molar-refractivity contribution in [3.63, 3.8) is 0 Å². The molecule has 1 aliphatic heterocycles. The number of nitrogens with zero attached hydrogens (tertiary/aromatic N) is 1. The van der Waals surface area contributed by atoms with Crippen LogP contribution in [0, 0.1) is 5.82 Å². The van der Waals surface area contributed by atoms with Gasteiger partial charge in [0.25, 0.3) is 5.91 Å². The number of halogens is 1. The molecule has 6 heteroatoms. The molecule has 4 nitrogen and oxygen atoms in total. The molecule has 28 heavy (non-hydrogen) atoms. The molecule has 0 saturated carbocycles. The number of rotatable bonds is 4. The highest BCUT2D eigenvalue weighted by molar-refractivity contribution is 7.10. The highest BCUT2D eigenvalue weighted by Crippen LogP contribution is 2.42. The van der Waals surface area contributed by atoms with Gasteiger partial charge in [-0.25, -0.2) is 4.39 Å². The van der Waals surface area contributed by atoms with Crippen LogP contribution in [0.4, 0.5) is 4.39 Å². The highest BCUT2D eigenvalue weighted by atomic mass is 32.1. The maximum absolute atomic E-state index is 13.3. The number of methoxy groups -OCH3 is 2. The zero-order valence-corrected chi connectivity index (χ0v) is 16.5. The van der Waals surface area contributed by atoms with E-state index in [1.54, 1.807) is 25.6 Å². The third kappa shape index (κ3) is 3.24. The molecular weight excluding hydrogens is 377 g/mol. The minimum Gasteiger partial charge on any atom is -0.493 e. The number of fused-ring (bicyclic) bond motifs is 1. The predicted octanol–water partition coefficient (Wildman–Crippen LogP) is 4.69. The second kappa shape index (κ2) is 7.64. The van der Waals surface area contributed by atoms with Crippen molar-refractivity contribution in [3.05, 3.63) is 81.3 Å². The fourth-order valence-electron chi connectivity index (χ4n) is 3.68. The Morgan fingerprint density at radius 1 is 1.11 bits per heavy atom. The summed E-state index contributed by atoms with van der Waals surface area (Å²) >= 11 is 1.61. The first kappa shape index (κ1) is 18.5. The number of hydrogen-bond donors (Lipinski definition) is 0. The van der Waals surface area contributed by atoms with Crippen LogP contribution in [-0.2, 0) is 6.42 Å². The number of carbonyl (C=O) groups is 1. The highest BCUT2D eigenvalue weighted by Gasteiger charge is 2.34. The van der Waals surface area contributed by atoms with Gasteiger partial charge in [-0.15, -0.1) is 11.3 Å². The smallest absolute Gasteiger partial charge is 0.254 e. The van der Waals surface area contributed by atoms with Gasteiger partial charge in [0.15, 0.2) is 11.5 Å². The summed E-state index contributed by atoms with van der Waals surface area (Å²) in [5.41, 5.74) is 2.65. The Kier molecular flexibility index (Phi) is 5.05. The van der Waals surface area contributed by atoms with Crippen LogP contribution in [-0.4, -0.2) is 31.6 Å². The summed E-state index contributed by atoms with van der Waals surface area (Å²) < 4.78 is 24.2. The van der Waals surface area contributed by atoms with Gasteiger partial charge in [-0.3, -0.25) is 4.79 Å². The Labute approximate surface area is 167 Å². The number of benzene rings is 2. The van der Waals surface area contributed by atoms with E-state index in [-0.39, 0.29) is 17.8 Å². The SMILES string of the molecule is COc1cc2c(cc1OC)C(c1cccs1)N(C(=O)c1ccc(F)cc1)CC2. The maximum Gasteiger partial charge on any atom is 0.254 e. The van der Waals surface area contributed by atoms with Crippen molar-refractivity contribution in [2.24, 2.45) is 0 Å². The summed E-state index contributed by atoms with van der Waals surface area (Å²) in [5.74, 6) is 0.856. The molecule has 2 heterocycles. The summed E-state index contributed by atoms with van der Waals surface area (Å²) in [5, 5.41) is 2.00. The largest absolute Gasteiger partial charge is 0.493 e. The van der Waals surface area contributed by atoms with Crippen LogP contribution in [0.25, 0.3) is 0 Å². The summed E-state index contributed by atoms with van der Waals surface area (Å²) in [4.78, 5) is 16.2. The van der Waals surface area contributed by atoms with E-state index < -0.39 is 0 Å². The van der Waals surface area contributed by atoms with Crippen LogP contribution in [0.3, 0.4) is 0 Å². The number of thiophene rings is 1. The van der Waals surface area contributed by atoms with Gasteiger partial charge >= 0.3 is 0 Å². The lowest BCUT2D eigenvalue weighted by Gasteiger charge is -2.37. The molecule has 0 fully saturated rings. The van der Waals surface area contributed by atoms with Crippen molar-refractivity contribution in [3.8, 4) is 11.5 Å². The maximum atomic E-state index is 13.3. The van der Waals surface area contributed by atoms with Crippen molar-refractivity contribution >= 4 is 17.2 Å². The molecule has 1 aliphatic rings. The molecule has 1 unspecified atom stereocenters. The molecule has 1 atom stereocenters. The normalized spacial score (nSPS) is 15.8. The van der Waals surface area contributed by atoms with Crippen molar-refractivity contribution in [2.45, 2.75) is 12.5 Å². The van der Waals surface area contributed by atoms with Crippen molar-refractivity contribution in [2.75, 3.05) is 20.8 Å². The summed E-state index contributed by atoms with van der Waals surface area (Å²) in [6, 6.07) is 13.5. The van der Waals surface area contributed by atoms with E-state index in [2.05, 4.69) is 0 Å². The molecule has 4 rings (SSSR count). The number of amides is 1. The molecule has 0 spiro atoms. The average Bonchev–Trinajstić information content (AvgIpc) is 3.26. The van der Waals surface area contributed by atoms with E-state index >= 15 is 0 Å². The monoisotopic (exact) mass is 397 g/mol. The number of hydrogen-bond acceptors (Lipinski definition) is 4. The Balaban J connectivity index is 1.81. The van der Waals surface area contributed by atoms with Crippen molar-refractivity contribution in [1.82, 2.24) is 4.90 Å². The first-order valence-electron chi connectivity index (χ1n) is 8.97. The molecule has 144 valence electrons. The van der Waals surface area contributed by atoms with Crippen LogP contribution in [0.5, 0.6) is 11.5 Å². The second-order valence-electron chi connectivity index (χ2n) is 6.58. The van der Waals surface area contributed by atoms with E-state index in [4.69, 9.17) is 9.47 Å². The van der Waals surface area contributed by atoms with Gasteiger partial charge in [0.1, 0.15) is 5.82 Å². The summed E-state index contributed by atoms with van der Waals surface area (Å²) in [6.45, 7) is 0.571. The zero-order valence-electron chi connectivity index (χ0n) is 15.6. The fraction of sp³-hybridized carbons (Fsp3) is 0.227. The molecule has 1 amide bonds. The van der Waals surface area contributed by atoms with Gasteiger partial charge in [0.05, 0.1) is 20.3 Å². The van der Waals surface area contributed by atoms with Crippen molar-refractivity contribution < 1.29 is 18.7 Å². The Hall–Kier alpha value is -2.86. The van der Waals surface area contributed by atoms with Crippen LogP contribution >= 0.6 is 11.3 Å². The topological polar surface area (TPSA) is 38.8 Å². The Bertz CT molecular complexity index is 986. The molecule has 0 N–H and O–H groups in total. The molecule has 2 aromatic carbocycles. The fourth-order valence-corrected chi connectivity index (χ4v) is 4.53. The Morgan fingerprint density at radius 2 is 1.82 bits per heavy atom. The molecule has 1 aromatic heterocycles. The zero-order chi connectivity index (χ0) is 19.7. The molecule has 0 bridgehead atoms. The van der Waals surface area contributed by atoms with Gasteiger partial charge in [0, 0.05) is 17.0 Å². The Morgan fingerprint density at radius 3 is 2.46 bits per heavy atom. The van der Waals surface area contributed by atoms with Gasteiger partial charge in [0.2, 0.25) is 0 Å². The third-order valence-electron chi connectivity index (χ3n) is 5.04. The first-order chi connectivity index (χ1) is 13.6. The molecular formula is C22H20FNO3S. The lowest BCUT2D eigenvalue weighted by Crippen LogP contribution is -2.40. The van der Waals surface area contributed by atoms with E-state index in [0.29, 0.717) is 30.0 Å². The average molecular weight is 397 g/mol. The van der Waals surface area contributed by atoms with Gasteiger partial charge in [-0.1, -0.05) is 6.07 Å². The predicted molar refractivity (Wildman–Crippen MR) is 107 cm³/mol. The van der Waals surface area contributed by atoms with Crippen LogP contribution in [0.15, 0.2) is 53.9 Å². The van der Waals surface area contributed by atoms with Crippen LogP contribution < -0.4 is 9.47 Å². The quantitative estimate of drug-likeness (QED) is 0.641. The molecule has 0 aliphatic carbocycles. The summed E-state index contributed by atoms with van der Waals surface area (Å²) in [6.07, 6.45) is 0.713. The molecule has 0 radical (unpaired) electrons. The van der Waals surface area contributed by atoms with E-state index in [9.17, 15) is 9.18 Å². The van der Waals surface area contributed by atoms with Crippen molar-refractivity contribution in [1.29, 1.82) is 0 Å². The minimum atomic E-state index is -0.354. The first-order valence-corrected chi connectivity index (χ1v) is 9.85. The molecule has 0 saturated heterocycles. The lowest BCUT2D eigenvalue weighted by molar-refractivity contribution is 0.0697. The van der Waals surface area contributed by atoms with E-state index in [1.165, 1.54) is 24.3 Å². The number of carbonyl (C=O) groups excluding carboxylic acids is 1. The number of ether oxygens (including phenoxy) is 2. The second-order valence-corrected chi connectivity index (χ2v) is 7.56. The van der Waals surface area contributed by atoms with Gasteiger partial charge < -0.3 is 14.4 Å². The van der Waals surface area contributed by atoms with Crippen LogP contribution in [0.2, 0.25) is 0 Å². The van der Waals surface area contributed by atoms with Gasteiger partial charge in [-0.2, -0.15) is 0 Å². The summed E-state index contributed by atoms with van der Waals surface area (Å²) in [7, 11) is 3.23. The third-order valence-corrected chi connectivity index (χ3v) is 5.96.